The Morgan fingerprint density at radius 1 is 1.43 bits per heavy atom. The van der Waals surface area contributed by atoms with E-state index in [4.69, 9.17) is 5.11 Å². The molecule has 1 aliphatic rings. The number of carboxylic acids is 1. The highest BCUT2D eigenvalue weighted by Gasteiger charge is 2.28. The van der Waals surface area contributed by atoms with Crippen LogP contribution in [-0.4, -0.2) is 48.7 Å². The van der Waals surface area contributed by atoms with Gasteiger partial charge in [-0.3, -0.25) is 4.79 Å². The predicted molar refractivity (Wildman–Crippen MR) is 80.2 cm³/mol. The van der Waals surface area contributed by atoms with Gasteiger partial charge in [-0.1, -0.05) is 6.42 Å². The number of fused-ring (bicyclic) bond motifs is 1. The molecule has 10 heteroatoms. The fourth-order valence-corrected chi connectivity index (χ4v) is 3.32. The second kappa shape index (κ2) is 6.82. The maximum atomic E-state index is 12.4. The third-order valence-corrected chi connectivity index (χ3v) is 4.62. The smallest absolute Gasteiger partial charge is 0.355 e. The minimum absolute atomic E-state index is 0.0410. The Balaban J connectivity index is 1.56. The first-order chi connectivity index (χ1) is 11.1. The molecule has 122 valence electrons. The quantitative estimate of drug-likeness (QED) is 0.812. The van der Waals surface area contributed by atoms with Crippen LogP contribution in [0.5, 0.6) is 0 Å². The number of carbonyl (C=O) groups is 2. The molecule has 1 atom stereocenters. The highest BCUT2D eigenvalue weighted by Crippen LogP contribution is 2.23. The molecule has 0 saturated heterocycles. The third kappa shape index (κ3) is 3.52. The molecule has 0 aromatic carbocycles. The largest absolute Gasteiger partial charge is 0.476 e. The zero-order valence-electron chi connectivity index (χ0n) is 12.3. The van der Waals surface area contributed by atoms with Crippen LogP contribution in [0.4, 0.5) is 0 Å². The van der Waals surface area contributed by atoms with Crippen molar-refractivity contribution in [2.75, 3.05) is 6.54 Å². The number of aromatic carboxylic acids is 1. The lowest BCUT2D eigenvalue weighted by Gasteiger charge is -2.12. The molecular weight excluding hydrogens is 320 g/mol. The molecule has 2 aromatic heterocycles. The summed E-state index contributed by atoms with van der Waals surface area (Å²) in [6.07, 6.45) is 3.13. The number of rotatable bonds is 5. The van der Waals surface area contributed by atoms with Crippen LogP contribution in [0.15, 0.2) is 5.38 Å². The lowest BCUT2D eigenvalue weighted by Crippen LogP contribution is -2.32. The van der Waals surface area contributed by atoms with Gasteiger partial charge < -0.3 is 10.4 Å². The van der Waals surface area contributed by atoms with Gasteiger partial charge in [-0.15, -0.1) is 16.4 Å². The maximum Gasteiger partial charge on any atom is 0.355 e. The Labute approximate surface area is 135 Å². The Bertz CT molecular complexity index is 712. The topological polar surface area (TPSA) is 123 Å². The van der Waals surface area contributed by atoms with Gasteiger partial charge in [-0.2, -0.15) is 0 Å². The van der Waals surface area contributed by atoms with E-state index in [1.54, 1.807) is 4.68 Å². The van der Waals surface area contributed by atoms with Crippen LogP contribution in [0.3, 0.4) is 0 Å². The number of amides is 1. The first kappa shape index (κ1) is 15.5. The van der Waals surface area contributed by atoms with E-state index in [0.717, 1.165) is 25.8 Å². The number of carboxylic acid groups (broad SMARTS) is 1. The number of nitrogens with one attached hydrogen (secondary N) is 1. The molecule has 0 unspecified atom stereocenters. The van der Waals surface area contributed by atoms with E-state index in [0.29, 0.717) is 23.8 Å². The van der Waals surface area contributed by atoms with Crippen LogP contribution in [0.2, 0.25) is 0 Å². The van der Waals surface area contributed by atoms with Crippen molar-refractivity contribution in [1.29, 1.82) is 0 Å². The van der Waals surface area contributed by atoms with Gasteiger partial charge in [0, 0.05) is 24.9 Å². The zero-order chi connectivity index (χ0) is 16.2. The van der Waals surface area contributed by atoms with Gasteiger partial charge >= 0.3 is 5.97 Å². The molecule has 1 amide bonds. The Morgan fingerprint density at radius 2 is 2.30 bits per heavy atom. The SMILES string of the molecule is O=C(O)c1csc(CCNC(=O)[C@@H]2CCCCn3nnnc32)n1. The summed E-state index contributed by atoms with van der Waals surface area (Å²) in [5.41, 5.74) is 0.0410. The predicted octanol–water partition coefficient (Wildman–Crippen LogP) is 0.454. The summed E-state index contributed by atoms with van der Waals surface area (Å²) in [4.78, 5) is 27.2. The van der Waals surface area contributed by atoms with Gasteiger partial charge in [0.15, 0.2) is 11.5 Å². The highest BCUT2D eigenvalue weighted by atomic mass is 32.1. The van der Waals surface area contributed by atoms with Gasteiger partial charge in [0.2, 0.25) is 5.91 Å². The van der Waals surface area contributed by atoms with Crippen molar-refractivity contribution in [3.63, 3.8) is 0 Å². The Morgan fingerprint density at radius 3 is 3.09 bits per heavy atom. The first-order valence-corrected chi connectivity index (χ1v) is 8.24. The van der Waals surface area contributed by atoms with Gasteiger partial charge in [0.25, 0.3) is 0 Å². The monoisotopic (exact) mass is 336 g/mol. The van der Waals surface area contributed by atoms with Crippen molar-refractivity contribution >= 4 is 23.2 Å². The maximum absolute atomic E-state index is 12.4. The second-order valence-corrected chi connectivity index (χ2v) is 6.22. The van der Waals surface area contributed by atoms with Crippen molar-refractivity contribution in [3.8, 4) is 0 Å². The van der Waals surface area contributed by atoms with E-state index in [-0.39, 0.29) is 17.5 Å². The number of hydrogen-bond donors (Lipinski definition) is 2. The van der Waals surface area contributed by atoms with Crippen molar-refractivity contribution < 1.29 is 14.7 Å². The fourth-order valence-electron chi connectivity index (χ4n) is 2.55. The summed E-state index contributed by atoms with van der Waals surface area (Å²) in [6, 6.07) is 0. The number of hydrogen-bond acceptors (Lipinski definition) is 7. The molecule has 2 N–H and O–H groups in total. The molecule has 2 aromatic rings. The molecule has 0 radical (unpaired) electrons. The summed E-state index contributed by atoms with van der Waals surface area (Å²) in [5, 5.41) is 25.4. The number of nitrogens with zero attached hydrogens (tertiary/aromatic N) is 5. The molecule has 3 rings (SSSR count). The molecule has 0 spiro atoms. The van der Waals surface area contributed by atoms with Crippen molar-refractivity contribution in [2.24, 2.45) is 0 Å². The molecule has 0 bridgehead atoms. The molecule has 0 aliphatic carbocycles. The number of aromatic nitrogens is 5. The lowest BCUT2D eigenvalue weighted by atomic mass is 10.0. The van der Waals surface area contributed by atoms with Crippen molar-refractivity contribution in [1.82, 2.24) is 30.5 Å². The van der Waals surface area contributed by atoms with E-state index < -0.39 is 5.97 Å². The summed E-state index contributed by atoms with van der Waals surface area (Å²) in [6.45, 7) is 1.15. The fraction of sp³-hybridized carbons (Fsp3) is 0.538. The molecule has 1 aliphatic heterocycles. The van der Waals surface area contributed by atoms with Crippen LogP contribution in [0.1, 0.15) is 46.5 Å². The van der Waals surface area contributed by atoms with E-state index in [1.165, 1.54) is 16.7 Å². The van der Waals surface area contributed by atoms with Crippen LogP contribution >= 0.6 is 11.3 Å². The molecule has 9 nitrogen and oxygen atoms in total. The average Bonchev–Trinajstić information content (AvgIpc) is 3.13. The van der Waals surface area contributed by atoms with Gasteiger partial charge in [-0.25, -0.2) is 14.5 Å². The Hall–Kier alpha value is -2.36. The molecular formula is C13H16N6O3S. The third-order valence-electron chi connectivity index (χ3n) is 3.71. The molecule has 0 fully saturated rings. The van der Waals surface area contributed by atoms with E-state index in [1.807, 2.05) is 0 Å². The normalized spacial score (nSPS) is 17.3. The second-order valence-electron chi connectivity index (χ2n) is 5.28. The minimum atomic E-state index is -1.04. The lowest BCUT2D eigenvalue weighted by molar-refractivity contribution is -0.122. The summed E-state index contributed by atoms with van der Waals surface area (Å²) in [7, 11) is 0. The van der Waals surface area contributed by atoms with Gasteiger partial charge in [0.05, 0.1) is 10.9 Å². The summed E-state index contributed by atoms with van der Waals surface area (Å²) < 4.78 is 1.69. The molecule has 0 saturated carbocycles. The van der Waals surface area contributed by atoms with Crippen molar-refractivity contribution in [3.05, 3.63) is 21.9 Å². The number of aryl methyl sites for hydroxylation is 1. The number of carbonyl (C=O) groups excluding carboxylic acids is 1. The van der Waals surface area contributed by atoms with E-state index in [2.05, 4.69) is 25.8 Å². The number of tetrazole rings is 1. The molecule has 23 heavy (non-hydrogen) atoms. The highest BCUT2D eigenvalue weighted by molar-refractivity contribution is 7.09. The van der Waals surface area contributed by atoms with Crippen molar-refractivity contribution in [2.45, 2.75) is 38.1 Å². The van der Waals surface area contributed by atoms with Crippen LogP contribution in [-0.2, 0) is 17.8 Å². The van der Waals surface area contributed by atoms with E-state index in [9.17, 15) is 9.59 Å². The van der Waals surface area contributed by atoms with Crippen LogP contribution < -0.4 is 5.32 Å². The standard InChI is InChI=1S/C13H16N6O3S/c20-12(8-3-1-2-6-19-11(8)16-17-18-19)14-5-4-10-15-9(7-23-10)13(21)22/h7-8H,1-6H2,(H,14,20)(H,21,22)/t8-/m1/s1. The summed E-state index contributed by atoms with van der Waals surface area (Å²) >= 11 is 1.28. The van der Waals surface area contributed by atoms with Gasteiger partial charge in [-0.05, 0) is 23.3 Å². The van der Waals surface area contributed by atoms with Crippen LogP contribution in [0, 0.1) is 0 Å². The average molecular weight is 336 g/mol. The van der Waals surface area contributed by atoms with E-state index >= 15 is 0 Å². The first-order valence-electron chi connectivity index (χ1n) is 7.36. The zero-order valence-corrected chi connectivity index (χ0v) is 13.1. The Kier molecular flexibility index (Phi) is 4.60. The summed E-state index contributed by atoms with van der Waals surface area (Å²) in [5.74, 6) is -0.861. The number of thiazole rings is 1. The van der Waals surface area contributed by atoms with Crippen LogP contribution in [0.25, 0.3) is 0 Å². The minimum Gasteiger partial charge on any atom is -0.476 e. The molecule has 3 heterocycles. The van der Waals surface area contributed by atoms with Gasteiger partial charge in [0.1, 0.15) is 0 Å².